The molecule has 1 saturated heterocycles. The Kier molecular flexibility index (Phi) is 5.31. The first-order valence-electron chi connectivity index (χ1n) is 6.94. The van der Waals surface area contributed by atoms with Crippen molar-refractivity contribution in [3.8, 4) is 0 Å². The number of amides is 2. The summed E-state index contributed by atoms with van der Waals surface area (Å²) in [6, 6.07) is 6.17. The number of carbonyl (C=O) groups is 1. The third kappa shape index (κ3) is 3.46. The lowest BCUT2D eigenvalue weighted by atomic mass is 10.1. The zero-order chi connectivity index (χ0) is 14.5. The second kappa shape index (κ2) is 6.99. The Morgan fingerprint density at radius 2 is 2.35 bits per heavy atom. The zero-order valence-electron chi connectivity index (χ0n) is 12.1. The fourth-order valence-corrected chi connectivity index (χ4v) is 3.27. The van der Waals surface area contributed by atoms with Gasteiger partial charge in [0, 0.05) is 18.0 Å². The van der Waals surface area contributed by atoms with Crippen LogP contribution in [0.1, 0.15) is 24.0 Å². The minimum Gasteiger partial charge on any atom is -0.394 e. The van der Waals surface area contributed by atoms with E-state index >= 15 is 0 Å². The molecule has 0 aromatic heterocycles. The minimum absolute atomic E-state index is 0.0203. The SMILES string of the molecule is CSc1cc(C)ccc1CNC(=O)N1CCC[C@@H]1CO. The summed E-state index contributed by atoms with van der Waals surface area (Å²) in [5, 5.41) is 12.2. The van der Waals surface area contributed by atoms with Crippen LogP contribution in [0.5, 0.6) is 0 Å². The van der Waals surface area contributed by atoms with E-state index in [1.165, 1.54) is 10.5 Å². The molecule has 5 heteroatoms. The van der Waals surface area contributed by atoms with E-state index in [0.29, 0.717) is 6.54 Å². The molecule has 1 aromatic rings. The van der Waals surface area contributed by atoms with Crippen molar-refractivity contribution < 1.29 is 9.90 Å². The number of likely N-dealkylation sites (tertiary alicyclic amines) is 1. The first-order chi connectivity index (χ1) is 9.65. The molecule has 2 N–H and O–H groups in total. The van der Waals surface area contributed by atoms with Gasteiger partial charge in [-0.05, 0) is 43.2 Å². The molecular weight excluding hydrogens is 272 g/mol. The van der Waals surface area contributed by atoms with Crippen molar-refractivity contribution in [2.45, 2.75) is 37.2 Å². The second-order valence-electron chi connectivity index (χ2n) is 5.15. The molecule has 1 aliphatic heterocycles. The predicted octanol–water partition coefficient (Wildman–Crippen LogP) is 2.38. The third-order valence-electron chi connectivity index (χ3n) is 3.72. The van der Waals surface area contributed by atoms with Gasteiger partial charge in [0.05, 0.1) is 12.6 Å². The van der Waals surface area contributed by atoms with Crippen molar-refractivity contribution in [1.82, 2.24) is 10.2 Å². The van der Waals surface area contributed by atoms with E-state index in [9.17, 15) is 9.90 Å². The topological polar surface area (TPSA) is 52.6 Å². The predicted molar refractivity (Wildman–Crippen MR) is 82.0 cm³/mol. The summed E-state index contributed by atoms with van der Waals surface area (Å²) in [6.45, 7) is 3.39. The largest absolute Gasteiger partial charge is 0.394 e. The van der Waals surface area contributed by atoms with Gasteiger partial charge >= 0.3 is 6.03 Å². The number of aryl methyl sites for hydroxylation is 1. The maximum absolute atomic E-state index is 12.2. The Morgan fingerprint density at radius 1 is 1.55 bits per heavy atom. The van der Waals surface area contributed by atoms with Gasteiger partial charge in [-0.25, -0.2) is 4.79 Å². The van der Waals surface area contributed by atoms with Gasteiger partial charge in [-0.1, -0.05) is 12.1 Å². The highest BCUT2D eigenvalue weighted by Gasteiger charge is 2.27. The smallest absolute Gasteiger partial charge is 0.317 e. The molecular formula is C15H22N2O2S. The quantitative estimate of drug-likeness (QED) is 0.838. The Bertz CT molecular complexity index is 479. The van der Waals surface area contributed by atoms with Gasteiger partial charge in [-0.3, -0.25) is 0 Å². The molecule has 1 aliphatic rings. The monoisotopic (exact) mass is 294 g/mol. The summed E-state index contributed by atoms with van der Waals surface area (Å²) in [5.74, 6) is 0. The van der Waals surface area contributed by atoms with E-state index in [4.69, 9.17) is 0 Å². The molecule has 2 amide bonds. The van der Waals surface area contributed by atoms with Crippen molar-refractivity contribution in [1.29, 1.82) is 0 Å². The van der Waals surface area contributed by atoms with Crippen LogP contribution < -0.4 is 5.32 Å². The number of benzene rings is 1. The number of thioether (sulfide) groups is 1. The highest BCUT2D eigenvalue weighted by Crippen LogP contribution is 2.22. The van der Waals surface area contributed by atoms with Gasteiger partial charge in [0.2, 0.25) is 0 Å². The third-order valence-corrected chi connectivity index (χ3v) is 4.54. The van der Waals surface area contributed by atoms with Crippen LogP contribution in [0, 0.1) is 6.92 Å². The van der Waals surface area contributed by atoms with Crippen molar-refractivity contribution in [3.05, 3.63) is 29.3 Å². The lowest BCUT2D eigenvalue weighted by molar-refractivity contribution is 0.157. The van der Waals surface area contributed by atoms with Gasteiger partial charge in [0.1, 0.15) is 0 Å². The fraction of sp³-hybridized carbons (Fsp3) is 0.533. The average Bonchev–Trinajstić information content (AvgIpc) is 2.94. The number of rotatable bonds is 4. The molecule has 0 spiro atoms. The summed E-state index contributed by atoms with van der Waals surface area (Å²) < 4.78 is 0. The lowest BCUT2D eigenvalue weighted by Gasteiger charge is -2.23. The molecule has 0 saturated carbocycles. The highest BCUT2D eigenvalue weighted by molar-refractivity contribution is 7.98. The molecule has 1 heterocycles. The molecule has 0 radical (unpaired) electrons. The van der Waals surface area contributed by atoms with Gasteiger partial charge in [0.15, 0.2) is 0 Å². The zero-order valence-corrected chi connectivity index (χ0v) is 12.9. The van der Waals surface area contributed by atoms with Crippen LogP contribution in [0.25, 0.3) is 0 Å². The van der Waals surface area contributed by atoms with Crippen LogP contribution in [-0.4, -0.2) is 41.5 Å². The van der Waals surface area contributed by atoms with Gasteiger partial charge in [0.25, 0.3) is 0 Å². The van der Waals surface area contributed by atoms with Crippen molar-refractivity contribution in [2.24, 2.45) is 0 Å². The van der Waals surface area contributed by atoms with E-state index in [2.05, 4.69) is 30.4 Å². The fourth-order valence-electron chi connectivity index (χ4n) is 2.56. The first-order valence-corrected chi connectivity index (χ1v) is 8.17. The maximum Gasteiger partial charge on any atom is 0.317 e. The van der Waals surface area contributed by atoms with Gasteiger partial charge < -0.3 is 15.3 Å². The van der Waals surface area contributed by atoms with Crippen LogP contribution in [-0.2, 0) is 6.54 Å². The normalized spacial score (nSPS) is 18.4. The van der Waals surface area contributed by atoms with E-state index in [1.807, 2.05) is 6.26 Å². The summed E-state index contributed by atoms with van der Waals surface area (Å²) in [4.78, 5) is 15.1. The molecule has 1 aromatic carbocycles. The molecule has 0 aliphatic carbocycles. The van der Waals surface area contributed by atoms with Crippen LogP contribution in [0.2, 0.25) is 0 Å². The molecule has 1 fully saturated rings. The summed E-state index contributed by atoms with van der Waals surface area (Å²) in [6.07, 6.45) is 3.91. The average molecular weight is 294 g/mol. The number of nitrogens with one attached hydrogen (secondary N) is 1. The van der Waals surface area contributed by atoms with E-state index in [1.54, 1.807) is 16.7 Å². The molecule has 1 atom stereocenters. The molecule has 4 nitrogen and oxygen atoms in total. The summed E-state index contributed by atoms with van der Waals surface area (Å²) in [5.41, 5.74) is 2.36. The molecule has 110 valence electrons. The van der Waals surface area contributed by atoms with Crippen LogP contribution >= 0.6 is 11.8 Å². The standard InChI is InChI=1S/C15H22N2O2S/c1-11-5-6-12(14(8-11)20-2)9-16-15(19)17-7-3-4-13(17)10-18/h5-6,8,13,18H,3-4,7,9-10H2,1-2H3,(H,16,19)/t13-/m1/s1. The van der Waals surface area contributed by atoms with E-state index in [-0.39, 0.29) is 18.7 Å². The van der Waals surface area contributed by atoms with Crippen LogP contribution in [0.3, 0.4) is 0 Å². The Balaban J connectivity index is 1.96. The van der Waals surface area contributed by atoms with Crippen molar-refractivity contribution in [3.63, 3.8) is 0 Å². The van der Waals surface area contributed by atoms with Gasteiger partial charge in [-0.15, -0.1) is 11.8 Å². The molecule has 0 bridgehead atoms. The summed E-state index contributed by atoms with van der Waals surface area (Å²) >= 11 is 1.69. The van der Waals surface area contributed by atoms with E-state index < -0.39 is 0 Å². The maximum atomic E-state index is 12.2. The molecule has 0 unspecified atom stereocenters. The molecule has 2 rings (SSSR count). The Hall–Kier alpha value is -1.20. The minimum atomic E-state index is -0.0748. The van der Waals surface area contributed by atoms with Gasteiger partial charge in [-0.2, -0.15) is 0 Å². The Morgan fingerprint density at radius 3 is 3.05 bits per heavy atom. The van der Waals surface area contributed by atoms with Crippen LogP contribution in [0.15, 0.2) is 23.1 Å². The second-order valence-corrected chi connectivity index (χ2v) is 5.99. The number of hydrogen-bond acceptors (Lipinski definition) is 3. The lowest BCUT2D eigenvalue weighted by Crippen LogP contribution is -2.43. The molecule has 20 heavy (non-hydrogen) atoms. The number of nitrogens with zero attached hydrogens (tertiary/aromatic N) is 1. The van der Waals surface area contributed by atoms with Crippen molar-refractivity contribution in [2.75, 3.05) is 19.4 Å². The number of hydrogen-bond donors (Lipinski definition) is 2. The first kappa shape index (κ1) is 15.2. The highest BCUT2D eigenvalue weighted by atomic mass is 32.2. The van der Waals surface area contributed by atoms with Crippen LogP contribution in [0.4, 0.5) is 4.79 Å². The number of carbonyl (C=O) groups excluding carboxylic acids is 1. The Labute approximate surface area is 124 Å². The van der Waals surface area contributed by atoms with Crippen molar-refractivity contribution >= 4 is 17.8 Å². The number of aliphatic hydroxyl groups excluding tert-OH is 1. The summed E-state index contributed by atoms with van der Waals surface area (Å²) in [7, 11) is 0. The number of urea groups is 1. The van der Waals surface area contributed by atoms with E-state index in [0.717, 1.165) is 24.9 Å². The number of aliphatic hydroxyl groups is 1.